The largest absolute Gasteiger partial charge is 0.334 e. The lowest BCUT2D eigenvalue weighted by Gasteiger charge is -2.05. The van der Waals surface area contributed by atoms with Gasteiger partial charge in [0.25, 0.3) is 0 Å². The number of rotatable bonds is 3. The summed E-state index contributed by atoms with van der Waals surface area (Å²) in [4.78, 5) is 10.6. The second-order valence-corrected chi connectivity index (χ2v) is 4.30. The molecule has 16 heavy (non-hydrogen) atoms. The first-order valence-corrected chi connectivity index (χ1v) is 5.50. The summed E-state index contributed by atoms with van der Waals surface area (Å²) >= 11 is 11.9. The molecule has 2 nitrogen and oxygen atoms in total. The molecule has 2 rings (SSSR count). The second-order valence-electron chi connectivity index (χ2n) is 3.47. The van der Waals surface area contributed by atoms with Crippen molar-refractivity contribution in [2.24, 2.45) is 0 Å². The van der Waals surface area contributed by atoms with Crippen LogP contribution < -0.4 is 0 Å². The molecule has 0 aliphatic rings. The van der Waals surface area contributed by atoms with Crippen molar-refractivity contribution in [1.82, 2.24) is 4.57 Å². The number of halogens is 2. The molecule has 0 saturated heterocycles. The van der Waals surface area contributed by atoms with Gasteiger partial charge in [0.15, 0.2) is 6.29 Å². The highest BCUT2D eigenvalue weighted by molar-refractivity contribution is 6.30. The number of carbonyl (C=O) groups excluding carboxylic acids is 1. The molecule has 0 aliphatic carbocycles. The van der Waals surface area contributed by atoms with E-state index >= 15 is 0 Å². The summed E-state index contributed by atoms with van der Waals surface area (Å²) in [6.07, 6.45) is 2.50. The van der Waals surface area contributed by atoms with E-state index < -0.39 is 0 Å². The van der Waals surface area contributed by atoms with Crippen LogP contribution in [-0.2, 0) is 6.54 Å². The van der Waals surface area contributed by atoms with Crippen LogP contribution in [0.4, 0.5) is 0 Å². The molecular weight excluding hydrogens is 245 g/mol. The van der Waals surface area contributed by atoms with E-state index in [9.17, 15) is 4.79 Å². The predicted octanol–water partition coefficient (Wildman–Crippen LogP) is 3.66. The van der Waals surface area contributed by atoms with E-state index in [0.717, 1.165) is 11.8 Å². The number of carbonyl (C=O) groups is 1. The highest BCUT2D eigenvalue weighted by Gasteiger charge is 2.03. The van der Waals surface area contributed by atoms with Crippen molar-refractivity contribution >= 4 is 29.5 Å². The second kappa shape index (κ2) is 4.73. The van der Waals surface area contributed by atoms with E-state index in [1.165, 1.54) is 0 Å². The van der Waals surface area contributed by atoms with Crippen molar-refractivity contribution in [2.75, 3.05) is 0 Å². The Kier molecular flexibility index (Phi) is 3.32. The third-order valence-electron chi connectivity index (χ3n) is 2.24. The van der Waals surface area contributed by atoms with Gasteiger partial charge in [-0.25, -0.2) is 0 Å². The summed E-state index contributed by atoms with van der Waals surface area (Å²) in [5.41, 5.74) is 1.62. The van der Waals surface area contributed by atoms with Crippen LogP contribution in [0.3, 0.4) is 0 Å². The molecule has 0 fully saturated rings. The number of nitrogens with zero attached hydrogens (tertiary/aromatic N) is 1. The Morgan fingerprint density at radius 2 is 2.06 bits per heavy atom. The first-order chi connectivity index (χ1) is 7.69. The monoisotopic (exact) mass is 253 g/mol. The Labute approximate surface area is 103 Å². The SMILES string of the molecule is O=Cc1cc(Cl)n(Cc2cccc(Cl)c2)c1. The van der Waals surface area contributed by atoms with Crippen LogP contribution in [0.25, 0.3) is 0 Å². The van der Waals surface area contributed by atoms with Gasteiger partial charge >= 0.3 is 0 Å². The highest BCUT2D eigenvalue weighted by atomic mass is 35.5. The smallest absolute Gasteiger partial charge is 0.151 e. The number of hydrogen-bond acceptors (Lipinski definition) is 1. The highest BCUT2D eigenvalue weighted by Crippen LogP contribution is 2.17. The van der Waals surface area contributed by atoms with E-state index in [0.29, 0.717) is 22.3 Å². The summed E-state index contributed by atoms with van der Waals surface area (Å²) in [7, 11) is 0. The molecule has 1 aromatic heterocycles. The van der Waals surface area contributed by atoms with Crippen molar-refractivity contribution in [1.29, 1.82) is 0 Å². The van der Waals surface area contributed by atoms with E-state index in [2.05, 4.69) is 0 Å². The minimum atomic E-state index is 0.544. The van der Waals surface area contributed by atoms with Crippen molar-refractivity contribution in [3.05, 3.63) is 57.8 Å². The predicted molar refractivity (Wildman–Crippen MR) is 65.4 cm³/mol. The fourth-order valence-corrected chi connectivity index (χ4v) is 1.96. The normalized spacial score (nSPS) is 10.4. The molecule has 1 aromatic carbocycles. The Balaban J connectivity index is 2.26. The molecule has 0 unspecified atom stereocenters. The Bertz CT molecular complexity index is 519. The molecule has 0 bridgehead atoms. The van der Waals surface area contributed by atoms with Gasteiger partial charge in [0.05, 0.1) is 0 Å². The molecule has 4 heteroatoms. The Hall–Kier alpha value is -1.25. The van der Waals surface area contributed by atoms with Crippen molar-refractivity contribution in [3.8, 4) is 0 Å². The summed E-state index contributed by atoms with van der Waals surface area (Å²) in [5.74, 6) is 0. The van der Waals surface area contributed by atoms with E-state index in [-0.39, 0.29) is 0 Å². The molecule has 0 N–H and O–H groups in total. The van der Waals surface area contributed by atoms with Crippen LogP contribution in [-0.4, -0.2) is 10.9 Å². The van der Waals surface area contributed by atoms with E-state index in [4.69, 9.17) is 23.2 Å². The maximum atomic E-state index is 10.6. The lowest BCUT2D eigenvalue weighted by Crippen LogP contribution is -1.97. The topological polar surface area (TPSA) is 22.0 Å². The van der Waals surface area contributed by atoms with Crippen LogP contribution in [0, 0.1) is 0 Å². The Morgan fingerprint density at radius 3 is 2.69 bits per heavy atom. The number of hydrogen-bond donors (Lipinski definition) is 0. The number of benzene rings is 1. The molecule has 2 aromatic rings. The standard InChI is InChI=1S/C12H9Cl2NO/c13-11-3-1-2-9(4-11)6-15-7-10(8-16)5-12(15)14/h1-5,7-8H,6H2. The van der Waals surface area contributed by atoms with Gasteiger partial charge in [0, 0.05) is 23.3 Å². The molecule has 82 valence electrons. The van der Waals surface area contributed by atoms with Crippen LogP contribution in [0.2, 0.25) is 10.2 Å². The molecule has 0 amide bonds. The quantitative estimate of drug-likeness (QED) is 0.766. The van der Waals surface area contributed by atoms with Gasteiger partial charge in [-0.15, -0.1) is 0 Å². The average molecular weight is 254 g/mol. The molecule has 0 radical (unpaired) electrons. The molecular formula is C12H9Cl2NO. The maximum absolute atomic E-state index is 10.6. The van der Waals surface area contributed by atoms with Crippen LogP contribution in [0.1, 0.15) is 15.9 Å². The van der Waals surface area contributed by atoms with Gasteiger partial charge in [-0.3, -0.25) is 4.79 Å². The third kappa shape index (κ3) is 2.46. The van der Waals surface area contributed by atoms with E-state index in [1.807, 2.05) is 24.3 Å². The first-order valence-electron chi connectivity index (χ1n) is 4.74. The lowest BCUT2D eigenvalue weighted by molar-refractivity contribution is 0.112. The zero-order chi connectivity index (χ0) is 11.5. The van der Waals surface area contributed by atoms with Gasteiger partial charge in [0.2, 0.25) is 0 Å². The molecule has 0 spiro atoms. The zero-order valence-corrected chi connectivity index (χ0v) is 9.87. The lowest BCUT2D eigenvalue weighted by atomic mass is 10.2. The van der Waals surface area contributed by atoms with Crippen LogP contribution in [0.5, 0.6) is 0 Å². The molecule has 0 atom stereocenters. The third-order valence-corrected chi connectivity index (χ3v) is 2.80. The fraction of sp³-hybridized carbons (Fsp3) is 0.0833. The number of aromatic nitrogens is 1. The zero-order valence-electron chi connectivity index (χ0n) is 8.36. The summed E-state index contributed by atoms with van der Waals surface area (Å²) < 4.78 is 1.80. The molecule has 0 aliphatic heterocycles. The van der Waals surface area contributed by atoms with Gasteiger partial charge in [-0.2, -0.15) is 0 Å². The summed E-state index contributed by atoms with van der Waals surface area (Å²) in [6, 6.07) is 9.18. The van der Waals surface area contributed by atoms with Crippen LogP contribution >= 0.6 is 23.2 Å². The van der Waals surface area contributed by atoms with Gasteiger partial charge < -0.3 is 4.57 Å². The minimum Gasteiger partial charge on any atom is -0.334 e. The summed E-state index contributed by atoms with van der Waals surface area (Å²) in [5, 5.41) is 1.23. The Morgan fingerprint density at radius 1 is 1.25 bits per heavy atom. The van der Waals surface area contributed by atoms with Gasteiger partial charge in [0.1, 0.15) is 5.15 Å². The van der Waals surface area contributed by atoms with Crippen molar-refractivity contribution in [3.63, 3.8) is 0 Å². The van der Waals surface area contributed by atoms with Crippen LogP contribution in [0.15, 0.2) is 36.5 Å². The fourth-order valence-electron chi connectivity index (χ4n) is 1.52. The first kappa shape index (κ1) is 11.2. The van der Waals surface area contributed by atoms with Gasteiger partial charge in [-0.05, 0) is 23.8 Å². The van der Waals surface area contributed by atoms with Crippen molar-refractivity contribution < 1.29 is 4.79 Å². The van der Waals surface area contributed by atoms with E-state index in [1.54, 1.807) is 16.8 Å². The maximum Gasteiger partial charge on any atom is 0.151 e. The average Bonchev–Trinajstić information content (AvgIpc) is 2.60. The molecule has 1 heterocycles. The summed E-state index contributed by atoms with van der Waals surface area (Å²) in [6.45, 7) is 0.604. The van der Waals surface area contributed by atoms with Crippen molar-refractivity contribution in [2.45, 2.75) is 6.54 Å². The number of aldehydes is 1. The molecule has 0 saturated carbocycles. The minimum absolute atomic E-state index is 0.544. The van der Waals surface area contributed by atoms with Gasteiger partial charge in [-0.1, -0.05) is 35.3 Å².